The van der Waals surface area contributed by atoms with Crippen molar-refractivity contribution in [2.45, 2.75) is 55.9 Å². The fourth-order valence-electron chi connectivity index (χ4n) is 3.02. The van der Waals surface area contributed by atoms with Crippen LogP contribution in [0.2, 0.25) is 0 Å². The van der Waals surface area contributed by atoms with E-state index in [4.69, 9.17) is 0 Å². The minimum Gasteiger partial charge on any atom is -0.392 e. The number of likely N-dealkylation sites (tertiary alicyclic amines) is 1. The standard InChI is InChI=1S/C17H27NO3S/c1-14(2)10-11-17(18-12-6-7-15(19)13-18)22(20,21)16-8-4-3-5-9-16/h3-5,8-9,14-15,17,19H,6-7,10-13H2,1-2H3. The molecule has 4 nitrogen and oxygen atoms in total. The summed E-state index contributed by atoms with van der Waals surface area (Å²) in [5, 5.41) is 9.37. The maximum absolute atomic E-state index is 13.0. The molecule has 0 saturated carbocycles. The van der Waals surface area contributed by atoms with E-state index in [2.05, 4.69) is 13.8 Å². The number of sulfone groups is 1. The molecule has 1 aromatic rings. The van der Waals surface area contributed by atoms with Gasteiger partial charge < -0.3 is 5.11 Å². The number of hydrogen-bond donors (Lipinski definition) is 1. The van der Waals surface area contributed by atoms with Crippen LogP contribution < -0.4 is 0 Å². The first-order valence-corrected chi connectivity index (χ1v) is 9.67. The summed E-state index contributed by atoms with van der Waals surface area (Å²) < 4.78 is 26.1. The van der Waals surface area contributed by atoms with E-state index in [-0.39, 0.29) is 0 Å². The van der Waals surface area contributed by atoms with Gasteiger partial charge in [0, 0.05) is 6.54 Å². The monoisotopic (exact) mass is 325 g/mol. The largest absolute Gasteiger partial charge is 0.392 e. The Morgan fingerprint density at radius 1 is 1.23 bits per heavy atom. The SMILES string of the molecule is CC(C)CCC(N1CCCC(O)C1)S(=O)(=O)c1ccccc1. The summed E-state index contributed by atoms with van der Waals surface area (Å²) in [7, 11) is -3.40. The van der Waals surface area contributed by atoms with Crippen LogP contribution in [0.25, 0.3) is 0 Å². The summed E-state index contributed by atoms with van der Waals surface area (Å²) >= 11 is 0. The third kappa shape index (κ3) is 4.31. The summed E-state index contributed by atoms with van der Waals surface area (Å²) in [6, 6.07) is 8.68. The molecule has 2 atom stereocenters. The molecular weight excluding hydrogens is 298 g/mol. The molecule has 1 aliphatic heterocycles. The van der Waals surface area contributed by atoms with E-state index in [1.54, 1.807) is 24.3 Å². The molecule has 0 spiro atoms. The smallest absolute Gasteiger partial charge is 0.194 e. The van der Waals surface area contributed by atoms with Crippen LogP contribution in [0.1, 0.15) is 39.5 Å². The Kier molecular flexibility index (Phi) is 6.01. The number of aliphatic hydroxyl groups excluding tert-OH is 1. The quantitative estimate of drug-likeness (QED) is 0.873. The highest BCUT2D eigenvalue weighted by atomic mass is 32.2. The van der Waals surface area contributed by atoms with Crippen LogP contribution in [-0.2, 0) is 9.84 Å². The van der Waals surface area contributed by atoms with Gasteiger partial charge in [0.2, 0.25) is 0 Å². The van der Waals surface area contributed by atoms with Crippen molar-refractivity contribution in [1.29, 1.82) is 0 Å². The van der Waals surface area contributed by atoms with Crippen LogP contribution >= 0.6 is 0 Å². The molecule has 124 valence electrons. The molecule has 0 aromatic heterocycles. The van der Waals surface area contributed by atoms with Gasteiger partial charge in [-0.25, -0.2) is 8.42 Å². The zero-order valence-corrected chi connectivity index (χ0v) is 14.3. The molecule has 0 aliphatic carbocycles. The van der Waals surface area contributed by atoms with Crippen molar-refractivity contribution in [3.63, 3.8) is 0 Å². The molecule has 0 radical (unpaired) electrons. The van der Waals surface area contributed by atoms with Crippen molar-refractivity contribution in [3.8, 4) is 0 Å². The average molecular weight is 325 g/mol. The molecular formula is C17H27NO3S. The first kappa shape index (κ1) is 17.4. The minimum atomic E-state index is -3.40. The number of aliphatic hydroxyl groups is 1. The number of benzene rings is 1. The van der Waals surface area contributed by atoms with Gasteiger partial charge in [0.25, 0.3) is 0 Å². The zero-order chi connectivity index (χ0) is 16.2. The van der Waals surface area contributed by atoms with Gasteiger partial charge in [0.05, 0.1) is 11.0 Å². The second-order valence-corrected chi connectivity index (χ2v) is 8.68. The van der Waals surface area contributed by atoms with Gasteiger partial charge in [0.1, 0.15) is 5.37 Å². The van der Waals surface area contributed by atoms with Gasteiger partial charge in [-0.3, -0.25) is 4.90 Å². The third-order valence-corrected chi connectivity index (χ3v) is 6.44. The topological polar surface area (TPSA) is 57.6 Å². The van der Waals surface area contributed by atoms with E-state index in [9.17, 15) is 13.5 Å². The van der Waals surface area contributed by atoms with Crippen LogP contribution in [0.5, 0.6) is 0 Å². The Labute approximate surface area is 134 Å². The van der Waals surface area contributed by atoms with Crippen LogP contribution in [0, 0.1) is 5.92 Å². The molecule has 2 unspecified atom stereocenters. The number of β-amino-alcohol motifs (C(OH)–C–C–N with tert-alkyl or cyclic N) is 1. The lowest BCUT2D eigenvalue weighted by Crippen LogP contribution is -2.48. The number of piperidine rings is 1. The first-order chi connectivity index (χ1) is 10.4. The lowest BCUT2D eigenvalue weighted by atomic mass is 10.1. The van der Waals surface area contributed by atoms with Crippen molar-refractivity contribution in [1.82, 2.24) is 4.90 Å². The highest BCUT2D eigenvalue weighted by Crippen LogP contribution is 2.26. The first-order valence-electron chi connectivity index (χ1n) is 8.12. The maximum atomic E-state index is 13.0. The van der Waals surface area contributed by atoms with Gasteiger partial charge in [-0.05, 0) is 50.3 Å². The average Bonchev–Trinajstić information content (AvgIpc) is 2.48. The van der Waals surface area contributed by atoms with Gasteiger partial charge in [-0.15, -0.1) is 0 Å². The summed E-state index contributed by atoms with van der Waals surface area (Å²) in [5.74, 6) is 0.461. The summed E-state index contributed by atoms with van der Waals surface area (Å²) in [4.78, 5) is 2.34. The summed E-state index contributed by atoms with van der Waals surface area (Å²) in [5.41, 5.74) is 0. The molecule has 1 aliphatic rings. The fourth-order valence-corrected chi connectivity index (χ4v) is 4.90. The molecule has 2 rings (SSSR count). The Morgan fingerprint density at radius 3 is 2.50 bits per heavy atom. The summed E-state index contributed by atoms with van der Waals surface area (Å²) in [6.07, 6.45) is 2.68. The molecule has 0 bridgehead atoms. The van der Waals surface area contributed by atoms with Gasteiger partial charge in [-0.1, -0.05) is 32.0 Å². The van der Waals surface area contributed by atoms with Crippen LogP contribution in [0.15, 0.2) is 35.2 Å². The van der Waals surface area contributed by atoms with E-state index < -0.39 is 21.3 Å². The number of rotatable bonds is 6. The molecule has 1 heterocycles. The van der Waals surface area contributed by atoms with Crippen molar-refractivity contribution in [2.24, 2.45) is 5.92 Å². The Bertz CT molecular complexity index is 557. The van der Waals surface area contributed by atoms with Gasteiger partial charge in [0.15, 0.2) is 9.84 Å². The van der Waals surface area contributed by atoms with E-state index in [1.807, 2.05) is 11.0 Å². The Morgan fingerprint density at radius 2 is 1.91 bits per heavy atom. The second-order valence-electron chi connectivity index (χ2n) is 6.57. The van der Waals surface area contributed by atoms with Crippen LogP contribution in [0.3, 0.4) is 0 Å². The zero-order valence-electron chi connectivity index (χ0n) is 13.5. The minimum absolute atomic E-state index is 0.379. The van der Waals surface area contributed by atoms with E-state index in [0.717, 1.165) is 25.8 Å². The molecule has 1 aromatic carbocycles. The van der Waals surface area contributed by atoms with E-state index in [0.29, 0.717) is 23.8 Å². The molecule has 1 fully saturated rings. The highest BCUT2D eigenvalue weighted by Gasteiger charge is 2.35. The predicted octanol–water partition coefficient (Wildman–Crippen LogP) is 2.68. The van der Waals surface area contributed by atoms with Crippen molar-refractivity contribution >= 4 is 9.84 Å². The Balaban J connectivity index is 2.26. The second kappa shape index (κ2) is 7.57. The Hall–Kier alpha value is -0.910. The molecule has 1 saturated heterocycles. The van der Waals surface area contributed by atoms with Crippen molar-refractivity contribution in [3.05, 3.63) is 30.3 Å². The van der Waals surface area contributed by atoms with E-state index in [1.165, 1.54) is 0 Å². The molecule has 5 heteroatoms. The lowest BCUT2D eigenvalue weighted by Gasteiger charge is -2.36. The lowest BCUT2D eigenvalue weighted by molar-refractivity contribution is 0.0605. The summed E-state index contributed by atoms with van der Waals surface area (Å²) in [6.45, 7) is 5.41. The van der Waals surface area contributed by atoms with Crippen molar-refractivity contribution < 1.29 is 13.5 Å². The van der Waals surface area contributed by atoms with Crippen molar-refractivity contribution in [2.75, 3.05) is 13.1 Å². The molecule has 22 heavy (non-hydrogen) atoms. The van der Waals surface area contributed by atoms with Gasteiger partial charge in [-0.2, -0.15) is 0 Å². The fraction of sp³-hybridized carbons (Fsp3) is 0.647. The number of nitrogens with zero attached hydrogens (tertiary/aromatic N) is 1. The van der Waals surface area contributed by atoms with Gasteiger partial charge >= 0.3 is 0 Å². The highest BCUT2D eigenvalue weighted by molar-refractivity contribution is 7.92. The predicted molar refractivity (Wildman–Crippen MR) is 88.3 cm³/mol. The maximum Gasteiger partial charge on any atom is 0.194 e. The third-order valence-electron chi connectivity index (χ3n) is 4.26. The molecule has 0 amide bonds. The number of hydrogen-bond acceptors (Lipinski definition) is 4. The van der Waals surface area contributed by atoms with E-state index >= 15 is 0 Å². The normalized spacial score (nSPS) is 21.9. The van der Waals surface area contributed by atoms with Crippen LogP contribution in [-0.4, -0.2) is 43.0 Å². The molecule has 1 N–H and O–H groups in total. The van der Waals surface area contributed by atoms with Crippen LogP contribution in [0.4, 0.5) is 0 Å².